The van der Waals surface area contributed by atoms with Crippen LogP contribution in [0.25, 0.3) is 0 Å². The minimum Gasteiger partial charge on any atom is -0.387 e. The zero-order valence-electron chi connectivity index (χ0n) is 11.7. The molecule has 0 saturated carbocycles. The quantitative estimate of drug-likeness (QED) is 0.750. The Morgan fingerprint density at radius 1 is 1.32 bits per heavy atom. The van der Waals surface area contributed by atoms with Crippen molar-refractivity contribution in [3.05, 3.63) is 54.1 Å². The molecule has 0 saturated heterocycles. The molecule has 1 atom stereocenters. The number of imidazole rings is 1. The van der Waals surface area contributed by atoms with E-state index < -0.39 is 23.8 Å². The van der Waals surface area contributed by atoms with Crippen molar-refractivity contribution in [2.45, 2.75) is 12.6 Å². The second kappa shape index (κ2) is 7.51. The van der Waals surface area contributed by atoms with Gasteiger partial charge in [0.15, 0.2) is 11.6 Å². The molecule has 1 heterocycles. The largest absolute Gasteiger partial charge is 0.387 e. The number of carbonyl (C=O) groups is 1. The van der Waals surface area contributed by atoms with Gasteiger partial charge in [0, 0.05) is 32.0 Å². The monoisotopic (exact) mass is 310 g/mol. The maximum atomic E-state index is 13.0. The van der Waals surface area contributed by atoms with E-state index in [1.807, 2.05) is 0 Å². The average molecular weight is 310 g/mol. The first-order valence-electron chi connectivity index (χ1n) is 6.66. The van der Waals surface area contributed by atoms with E-state index in [1.165, 1.54) is 6.07 Å². The summed E-state index contributed by atoms with van der Waals surface area (Å²) >= 11 is 0. The molecule has 1 aromatic carbocycles. The molecule has 0 bridgehead atoms. The van der Waals surface area contributed by atoms with Crippen LogP contribution in [0.1, 0.15) is 11.7 Å². The van der Waals surface area contributed by atoms with Crippen LogP contribution >= 0.6 is 0 Å². The van der Waals surface area contributed by atoms with Gasteiger partial charge in [0.2, 0.25) is 0 Å². The minimum absolute atomic E-state index is 0.109. The van der Waals surface area contributed by atoms with E-state index in [9.17, 15) is 18.7 Å². The van der Waals surface area contributed by atoms with Crippen LogP contribution in [0.3, 0.4) is 0 Å². The second-order valence-electron chi connectivity index (χ2n) is 4.63. The molecule has 2 aromatic rings. The molecule has 22 heavy (non-hydrogen) atoms. The van der Waals surface area contributed by atoms with Gasteiger partial charge in [-0.25, -0.2) is 18.6 Å². The Balaban J connectivity index is 1.72. The lowest BCUT2D eigenvalue weighted by atomic mass is 10.1. The molecule has 0 aliphatic heterocycles. The van der Waals surface area contributed by atoms with Gasteiger partial charge in [0.05, 0.1) is 12.4 Å². The maximum absolute atomic E-state index is 13.0. The molecule has 0 radical (unpaired) electrons. The molecule has 6 nitrogen and oxygen atoms in total. The summed E-state index contributed by atoms with van der Waals surface area (Å²) in [5.41, 5.74) is 0.192. The molecular formula is C14H16F2N4O2. The van der Waals surface area contributed by atoms with Gasteiger partial charge in [-0.3, -0.25) is 0 Å². The molecule has 0 spiro atoms. The van der Waals surface area contributed by atoms with Gasteiger partial charge in [-0.15, -0.1) is 0 Å². The van der Waals surface area contributed by atoms with Crippen LogP contribution in [-0.4, -0.2) is 33.8 Å². The van der Waals surface area contributed by atoms with Crippen molar-refractivity contribution in [3.63, 3.8) is 0 Å². The van der Waals surface area contributed by atoms with Crippen molar-refractivity contribution in [2.75, 3.05) is 13.1 Å². The predicted octanol–water partition coefficient (Wildman–Crippen LogP) is 1.19. The number of nitrogens with zero attached hydrogens (tertiary/aromatic N) is 2. The highest BCUT2D eigenvalue weighted by molar-refractivity contribution is 5.73. The van der Waals surface area contributed by atoms with Crippen LogP contribution < -0.4 is 10.6 Å². The van der Waals surface area contributed by atoms with Crippen LogP contribution in [0.2, 0.25) is 0 Å². The number of hydrogen-bond acceptors (Lipinski definition) is 3. The molecule has 0 aliphatic carbocycles. The fourth-order valence-corrected chi connectivity index (χ4v) is 1.81. The number of aliphatic hydroxyl groups is 1. The first kappa shape index (κ1) is 15.9. The third-order valence-corrected chi connectivity index (χ3v) is 3.00. The fourth-order valence-electron chi connectivity index (χ4n) is 1.81. The van der Waals surface area contributed by atoms with Crippen molar-refractivity contribution in [3.8, 4) is 0 Å². The number of rotatable bonds is 6. The molecule has 3 N–H and O–H groups in total. The number of hydrogen-bond donors (Lipinski definition) is 3. The summed E-state index contributed by atoms with van der Waals surface area (Å²) in [7, 11) is 0. The van der Waals surface area contributed by atoms with Gasteiger partial charge in [0.25, 0.3) is 0 Å². The average Bonchev–Trinajstić information content (AvgIpc) is 3.01. The van der Waals surface area contributed by atoms with E-state index >= 15 is 0 Å². The topological polar surface area (TPSA) is 79.2 Å². The fraction of sp³-hybridized carbons (Fsp3) is 0.286. The number of carbonyl (C=O) groups excluding carboxylic acids is 1. The highest BCUT2D eigenvalue weighted by atomic mass is 19.2. The Morgan fingerprint density at radius 2 is 2.14 bits per heavy atom. The van der Waals surface area contributed by atoms with E-state index in [4.69, 9.17) is 0 Å². The Bertz CT molecular complexity index is 619. The molecule has 0 fully saturated rings. The molecule has 0 aliphatic rings. The molecular weight excluding hydrogens is 294 g/mol. The summed E-state index contributed by atoms with van der Waals surface area (Å²) in [6.45, 7) is 0.852. The van der Waals surface area contributed by atoms with Crippen molar-refractivity contribution >= 4 is 6.03 Å². The summed E-state index contributed by atoms with van der Waals surface area (Å²) in [5.74, 6) is -2.03. The smallest absolute Gasteiger partial charge is 0.314 e. The highest BCUT2D eigenvalue weighted by Crippen LogP contribution is 2.15. The number of aliphatic hydroxyl groups excluding tert-OH is 1. The third-order valence-electron chi connectivity index (χ3n) is 3.00. The maximum Gasteiger partial charge on any atom is 0.314 e. The van der Waals surface area contributed by atoms with E-state index in [-0.39, 0.29) is 12.1 Å². The van der Waals surface area contributed by atoms with Gasteiger partial charge in [0.1, 0.15) is 0 Å². The van der Waals surface area contributed by atoms with Gasteiger partial charge < -0.3 is 20.3 Å². The molecule has 0 unspecified atom stereocenters. The molecule has 8 heteroatoms. The zero-order valence-corrected chi connectivity index (χ0v) is 11.7. The Morgan fingerprint density at radius 3 is 2.82 bits per heavy atom. The first-order chi connectivity index (χ1) is 10.6. The molecule has 2 rings (SSSR count). The van der Waals surface area contributed by atoms with Crippen LogP contribution in [0.4, 0.5) is 13.6 Å². The Labute approximate surface area is 125 Å². The highest BCUT2D eigenvalue weighted by Gasteiger charge is 2.12. The number of nitrogens with one attached hydrogen (secondary N) is 2. The van der Waals surface area contributed by atoms with Crippen molar-refractivity contribution in [1.29, 1.82) is 0 Å². The van der Waals surface area contributed by atoms with Crippen molar-refractivity contribution in [2.24, 2.45) is 0 Å². The second-order valence-corrected chi connectivity index (χ2v) is 4.63. The summed E-state index contributed by atoms with van der Waals surface area (Å²) in [5, 5.41) is 14.9. The number of benzene rings is 1. The van der Waals surface area contributed by atoms with Crippen LogP contribution in [0, 0.1) is 11.6 Å². The molecule has 1 aromatic heterocycles. The van der Waals surface area contributed by atoms with Crippen molar-refractivity contribution in [1.82, 2.24) is 20.2 Å². The Kier molecular flexibility index (Phi) is 5.42. The van der Waals surface area contributed by atoms with Gasteiger partial charge in [-0.05, 0) is 17.7 Å². The minimum atomic E-state index is -1.12. The lowest BCUT2D eigenvalue weighted by Gasteiger charge is -2.13. The predicted molar refractivity (Wildman–Crippen MR) is 74.9 cm³/mol. The number of urea groups is 1. The van der Waals surface area contributed by atoms with Crippen LogP contribution in [0.15, 0.2) is 36.9 Å². The van der Waals surface area contributed by atoms with E-state index in [0.29, 0.717) is 13.1 Å². The number of halogens is 2. The van der Waals surface area contributed by atoms with E-state index in [2.05, 4.69) is 15.6 Å². The van der Waals surface area contributed by atoms with E-state index in [0.717, 1.165) is 12.1 Å². The molecule has 118 valence electrons. The number of amides is 2. The number of aromatic nitrogens is 2. The van der Waals surface area contributed by atoms with E-state index in [1.54, 1.807) is 23.3 Å². The summed E-state index contributed by atoms with van der Waals surface area (Å²) in [6, 6.07) is 2.64. The third kappa shape index (κ3) is 4.52. The standard InChI is InChI=1S/C14H16F2N4O2/c15-11-2-1-10(7-12(11)16)13(21)8-19-14(22)18-4-6-20-5-3-17-9-20/h1-3,5,7,9,13,21H,4,6,8H2,(H2,18,19,22)/t13-/m1/s1. The SMILES string of the molecule is O=C(NCCn1ccnc1)NC[C@@H](O)c1ccc(F)c(F)c1. The molecule has 2 amide bonds. The summed E-state index contributed by atoms with van der Waals surface area (Å²) < 4.78 is 27.6. The van der Waals surface area contributed by atoms with Gasteiger partial charge in [-0.1, -0.05) is 6.07 Å². The summed E-state index contributed by atoms with van der Waals surface area (Å²) in [4.78, 5) is 15.4. The lowest BCUT2D eigenvalue weighted by molar-refractivity contribution is 0.172. The normalized spacial score (nSPS) is 12.0. The van der Waals surface area contributed by atoms with Crippen LogP contribution in [-0.2, 0) is 6.54 Å². The summed E-state index contributed by atoms with van der Waals surface area (Å²) in [6.07, 6.45) is 3.92. The van der Waals surface area contributed by atoms with Gasteiger partial charge >= 0.3 is 6.03 Å². The van der Waals surface area contributed by atoms with Gasteiger partial charge in [-0.2, -0.15) is 0 Å². The van der Waals surface area contributed by atoms with Crippen LogP contribution in [0.5, 0.6) is 0 Å². The zero-order chi connectivity index (χ0) is 15.9. The van der Waals surface area contributed by atoms with Crippen molar-refractivity contribution < 1.29 is 18.7 Å². The Hall–Kier alpha value is -2.48. The first-order valence-corrected chi connectivity index (χ1v) is 6.66. The lowest BCUT2D eigenvalue weighted by Crippen LogP contribution is -2.39.